The van der Waals surface area contributed by atoms with Crippen molar-refractivity contribution in [1.82, 2.24) is 10.6 Å². The largest absolute Gasteiger partial charge is 0.350 e. The topological polar surface area (TPSA) is 84.3 Å². The van der Waals surface area contributed by atoms with Crippen LogP contribution in [0.15, 0.2) is 24.3 Å². The normalized spacial score (nSPS) is 11.2. The van der Waals surface area contributed by atoms with Crippen molar-refractivity contribution >= 4 is 11.6 Å². The minimum absolute atomic E-state index is 0.0406. The Balaban J connectivity index is 2.27. The number of nitrogens with one attached hydrogen (secondary N) is 2. The Morgan fingerprint density at radius 3 is 2.35 bits per heavy atom. The van der Waals surface area contributed by atoms with Crippen molar-refractivity contribution < 1.29 is 9.72 Å². The molecular weight excluding hydrogens is 258 g/mol. The Hall–Kier alpha value is -1.95. The summed E-state index contributed by atoms with van der Waals surface area (Å²) in [5, 5.41) is 16.4. The number of hydrogen-bond donors (Lipinski definition) is 2. The summed E-state index contributed by atoms with van der Waals surface area (Å²) in [5.41, 5.74) is 0.863. The van der Waals surface area contributed by atoms with E-state index >= 15 is 0 Å². The van der Waals surface area contributed by atoms with Crippen molar-refractivity contribution in [2.45, 2.75) is 32.7 Å². The molecule has 0 aliphatic carbocycles. The van der Waals surface area contributed by atoms with Crippen molar-refractivity contribution in [3.63, 3.8) is 0 Å². The Kier molecular flexibility index (Phi) is 5.64. The minimum atomic E-state index is -0.418. The predicted octanol–water partition coefficient (Wildman–Crippen LogP) is 1.64. The smallest absolute Gasteiger partial charge is 0.269 e. The number of carbonyl (C=O) groups is 1. The molecule has 0 fully saturated rings. The maximum absolute atomic E-state index is 11.5. The molecule has 20 heavy (non-hydrogen) atoms. The Morgan fingerprint density at radius 1 is 1.25 bits per heavy atom. The second-order valence-electron chi connectivity index (χ2n) is 5.65. The number of nitro benzene ring substituents is 1. The fraction of sp³-hybridized carbons (Fsp3) is 0.500. The van der Waals surface area contributed by atoms with E-state index in [2.05, 4.69) is 10.6 Å². The van der Waals surface area contributed by atoms with Crippen LogP contribution in [0.3, 0.4) is 0 Å². The van der Waals surface area contributed by atoms with Crippen LogP contribution < -0.4 is 10.6 Å². The summed E-state index contributed by atoms with van der Waals surface area (Å²) in [7, 11) is 0. The fourth-order valence-electron chi connectivity index (χ4n) is 1.68. The molecule has 1 aromatic rings. The molecule has 0 saturated carbocycles. The average molecular weight is 279 g/mol. The molecule has 0 aromatic heterocycles. The molecule has 0 atom stereocenters. The zero-order valence-electron chi connectivity index (χ0n) is 12.1. The van der Waals surface area contributed by atoms with Crippen LogP contribution in [0, 0.1) is 10.1 Å². The highest BCUT2D eigenvalue weighted by molar-refractivity contribution is 5.78. The van der Waals surface area contributed by atoms with Crippen LogP contribution in [-0.4, -0.2) is 29.5 Å². The lowest BCUT2D eigenvalue weighted by Crippen LogP contribution is -2.45. The highest BCUT2D eigenvalue weighted by Crippen LogP contribution is 2.11. The van der Waals surface area contributed by atoms with E-state index in [1.165, 1.54) is 12.1 Å². The maximum atomic E-state index is 11.5. The van der Waals surface area contributed by atoms with E-state index in [-0.39, 0.29) is 23.7 Å². The van der Waals surface area contributed by atoms with Crippen molar-refractivity contribution in [1.29, 1.82) is 0 Å². The highest BCUT2D eigenvalue weighted by Gasteiger charge is 2.12. The molecule has 1 rings (SSSR count). The summed E-state index contributed by atoms with van der Waals surface area (Å²) >= 11 is 0. The highest BCUT2D eigenvalue weighted by atomic mass is 16.6. The van der Waals surface area contributed by atoms with Crippen molar-refractivity contribution in [3.05, 3.63) is 39.9 Å². The monoisotopic (exact) mass is 279 g/mol. The molecule has 0 spiro atoms. The van der Waals surface area contributed by atoms with E-state index in [9.17, 15) is 14.9 Å². The molecule has 0 aliphatic heterocycles. The first-order valence-electron chi connectivity index (χ1n) is 6.53. The van der Waals surface area contributed by atoms with E-state index in [0.29, 0.717) is 6.54 Å². The van der Waals surface area contributed by atoms with E-state index in [0.717, 1.165) is 12.0 Å². The van der Waals surface area contributed by atoms with E-state index in [1.54, 1.807) is 12.1 Å². The van der Waals surface area contributed by atoms with Gasteiger partial charge in [-0.05, 0) is 39.3 Å². The first-order valence-corrected chi connectivity index (χ1v) is 6.53. The van der Waals surface area contributed by atoms with Crippen LogP contribution >= 0.6 is 0 Å². The molecule has 0 radical (unpaired) electrons. The van der Waals surface area contributed by atoms with Gasteiger partial charge < -0.3 is 10.6 Å². The van der Waals surface area contributed by atoms with Crippen molar-refractivity contribution in [2.75, 3.05) is 13.1 Å². The van der Waals surface area contributed by atoms with Gasteiger partial charge in [0.25, 0.3) is 5.69 Å². The van der Waals surface area contributed by atoms with Gasteiger partial charge in [-0.15, -0.1) is 0 Å². The van der Waals surface area contributed by atoms with Crippen LogP contribution in [0.2, 0.25) is 0 Å². The van der Waals surface area contributed by atoms with Gasteiger partial charge in [0.1, 0.15) is 0 Å². The van der Waals surface area contributed by atoms with Crippen molar-refractivity contribution in [3.8, 4) is 0 Å². The zero-order chi connectivity index (χ0) is 15.2. The van der Waals surface area contributed by atoms with E-state index < -0.39 is 4.92 Å². The molecule has 2 N–H and O–H groups in total. The van der Waals surface area contributed by atoms with Gasteiger partial charge in [-0.3, -0.25) is 14.9 Å². The first-order chi connectivity index (χ1) is 9.28. The number of rotatable bonds is 6. The molecule has 0 aliphatic rings. The summed E-state index contributed by atoms with van der Waals surface area (Å²) in [5.74, 6) is -0.0406. The number of amides is 1. The lowest BCUT2D eigenvalue weighted by Gasteiger charge is -2.20. The minimum Gasteiger partial charge on any atom is -0.350 e. The average Bonchev–Trinajstić information content (AvgIpc) is 2.33. The lowest BCUT2D eigenvalue weighted by atomic mass is 10.1. The maximum Gasteiger partial charge on any atom is 0.269 e. The van der Waals surface area contributed by atoms with Gasteiger partial charge in [0, 0.05) is 17.7 Å². The second-order valence-corrected chi connectivity index (χ2v) is 5.65. The molecule has 1 amide bonds. The van der Waals surface area contributed by atoms with Crippen LogP contribution in [0.25, 0.3) is 0 Å². The van der Waals surface area contributed by atoms with Gasteiger partial charge in [-0.1, -0.05) is 12.1 Å². The molecule has 110 valence electrons. The summed E-state index contributed by atoms with van der Waals surface area (Å²) in [6.07, 6.45) is 0.723. The zero-order valence-corrected chi connectivity index (χ0v) is 12.1. The number of nitrogens with zero attached hydrogens (tertiary/aromatic N) is 1. The first kappa shape index (κ1) is 16.1. The number of benzene rings is 1. The molecule has 1 aromatic carbocycles. The third-order valence-electron chi connectivity index (χ3n) is 2.54. The third-order valence-corrected chi connectivity index (χ3v) is 2.54. The predicted molar refractivity (Wildman–Crippen MR) is 77.6 cm³/mol. The number of hydrogen-bond acceptors (Lipinski definition) is 4. The van der Waals surface area contributed by atoms with E-state index in [4.69, 9.17) is 0 Å². The molecular formula is C14H21N3O3. The molecule has 0 heterocycles. The quantitative estimate of drug-likeness (QED) is 0.471. The second kappa shape index (κ2) is 7.00. The van der Waals surface area contributed by atoms with Gasteiger partial charge in [0.05, 0.1) is 11.5 Å². The summed E-state index contributed by atoms with van der Waals surface area (Å²) in [4.78, 5) is 21.6. The van der Waals surface area contributed by atoms with E-state index in [1.807, 2.05) is 20.8 Å². The van der Waals surface area contributed by atoms with Crippen LogP contribution in [0.5, 0.6) is 0 Å². The summed E-state index contributed by atoms with van der Waals surface area (Å²) in [6.45, 7) is 6.71. The van der Waals surface area contributed by atoms with Gasteiger partial charge in [-0.2, -0.15) is 0 Å². The number of nitro groups is 1. The van der Waals surface area contributed by atoms with Crippen LogP contribution in [-0.2, 0) is 11.2 Å². The standard InChI is InChI=1S/C14H21N3O3/c1-14(2,3)16-13(18)10-15-9-8-11-4-6-12(7-5-11)17(19)20/h4-7,15H,8-10H2,1-3H3,(H,16,18). The number of non-ortho nitro benzene ring substituents is 1. The lowest BCUT2D eigenvalue weighted by molar-refractivity contribution is -0.384. The van der Waals surface area contributed by atoms with Crippen LogP contribution in [0.4, 0.5) is 5.69 Å². The van der Waals surface area contributed by atoms with Crippen LogP contribution in [0.1, 0.15) is 26.3 Å². The molecule has 6 heteroatoms. The van der Waals surface area contributed by atoms with Gasteiger partial charge in [-0.25, -0.2) is 0 Å². The Morgan fingerprint density at radius 2 is 1.85 bits per heavy atom. The van der Waals surface area contributed by atoms with Gasteiger partial charge >= 0.3 is 0 Å². The number of carbonyl (C=O) groups excluding carboxylic acids is 1. The fourth-order valence-corrected chi connectivity index (χ4v) is 1.68. The summed E-state index contributed by atoms with van der Waals surface area (Å²) < 4.78 is 0. The SMILES string of the molecule is CC(C)(C)NC(=O)CNCCc1ccc([N+](=O)[O-])cc1. The van der Waals surface area contributed by atoms with Crippen molar-refractivity contribution in [2.24, 2.45) is 0 Å². The molecule has 0 saturated heterocycles. The summed E-state index contributed by atoms with van der Waals surface area (Å²) in [6, 6.07) is 6.44. The molecule has 0 unspecified atom stereocenters. The van der Waals surface area contributed by atoms with Gasteiger partial charge in [0.15, 0.2) is 0 Å². The Bertz CT molecular complexity index is 464. The third kappa shape index (κ3) is 6.29. The molecule has 0 bridgehead atoms. The Labute approximate surface area is 118 Å². The molecule has 6 nitrogen and oxygen atoms in total. The van der Waals surface area contributed by atoms with Gasteiger partial charge in [0.2, 0.25) is 5.91 Å².